The Kier molecular flexibility index (Phi) is 10.3. The van der Waals surface area contributed by atoms with Crippen LogP contribution in [0.1, 0.15) is 72.1 Å². The van der Waals surface area contributed by atoms with Crippen LogP contribution in [0.2, 0.25) is 0 Å². The Hall–Kier alpha value is -0.530. The molecule has 0 aromatic heterocycles. The third kappa shape index (κ3) is 9.20. The first-order valence-electron chi connectivity index (χ1n) is 7.33. The highest BCUT2D eigenvalue weighted by molar-refractivity contribution is 5.77. The molecule has 17 heavy (non-hydrogen) atoms. The molecule has 0 saturated carbocycles. The minimum Gasteiger partial charge on any atom is -0.359 e. The van der Waals surface area contributed by atoms with Crippen molar-refractivity contribution in [2.24, 2.45) is 11.8 Å². The molecule has 0 rings (SSSR count). The summed E-state index contributed by atoms with van der Waals surface area (Å²) in [6.45, 7) is 6.55. The number of hydrogen-bond acceptors (Lipinski definition) is 1. The molecule has 1 amide bonds. The van der Waals surface area contributed by atoms with Gasteiger partial charge < -0.3 is 5.32 Å². The van der Waals surface area contributed by atoms with Gasteiger partial charge in [-0.05, 0) is 12.3 Å². The lowest BCUT2D eigenvalue weighted by Gasteiger charge is -2.15. The lowest BCUT2D eigenvalue weighted by Crippen LogP contribution is -2.26. The first kappa shape index (κ1) is 16.5. The van der Waals surface area contributed by atoms with Crippen LogP contribution < -0.4 is 5.32 Å². The fraction of sp³-hybridized carbons (Fsp3) is 0.933. The SMILES string of the molecule is CCCCCCCCC(C)CC(C)C(=O)NC. The molecule has 0 aliphatic heterocycles. The average Bonchev–Trinajstić information content (AvgIpc) is 2.32. The van der Waals surface area contributed by atoms with Gasteiger partial charge >= 0.3 is 0 Å². The van der Waals surface area contributed by atoms with Gasteiger partial charge in [-0.1, -0.05) is 65.7 Å². The van der Waals surface area contributed by atoms with Gasteiger partial charge in [0.2, 0.25) is 5.91 Å². The van der Waals surface area contributed by atoms with Crippen molar-refractivity contribution in [1.82, 2.24) is 5.32 Å². The van der Waals surface area contributed by atoms with Gasteiger partial charge in [-0.3, -0.25) is 4.79 Å². The standard InChI is InChI=1S/C15H31NO/c1-5-6-7-8-9-10-11-13(2)12-14(3)15(17)16-4/h13-14H,5-12H2,1-4H3,(H,16,17). The fourth-order valence-corrected chi connectivity index (χ4v) is 2.35. The Morgan fingerprint density at radius 3 is 2.24 bits per heavy atom. The maximum atomic E-state index is 11.4. The molecule has 2 unspecified atom stereocenters. The van der Waals surface area contributed by atoms with E-state index in [9.17, 15) is 4.79 Å². The van der Waals surface area contributed by atoms with E-state index in [-0.39, 0.29) is 11.8 Å². The third-order valence-corrected chi connectivity index (χ3v) is 3.50. The zero-order valence-corrected chi connectivity index (χ0v) is 12.2. The molecule has 102 valence electrons. The fourth-order valence-electron chi connectivity index (χ4n) is 2.35. The summed E-state index contributed by atoms with van der Waals surface area (Å²) in [7, 11) is 1.72. The number of carbonyl (C=O) groups is 1. The Morgan fingerprint density at radius 1 is 1.06 bits per heavy atom. The van der Waals surface area contributed by atoms with Crippen molar-refractivity contribution in [2.45, 2.75) is 72.1 Å². The number of hydrogen-bond donors (Lipinski definition) is 1. The molecule has 0 radical (unpaired) electrons. The van der Waals surface area contributed by atoms with Crippen LogP contribution in [0.4, 0.5) is 0 Å². The van der Waals surface area contributed by atoms with E-state index in [1.54, 1.807) is 7.05 Å². The molecule has 0 aromatic rings. The van der Waals surface area contributed by atoms with Crippen LogP contribution >= 0.6 is 0 Å². The quantitative estimate of drug-likeness (QED) is 0.572. The second-order valence-electron chi connectivity index (χ2n) is 5.41. The summed E-state index contributed by atoms with van der Waals surface area (Å²) in [5.41, 5.74) is 0. The molecule has 0 aromatic carbocycles. The summed E-state index contributed by atoms with van der Waals surface area (Å²) < 4.78 is 0. The third-order valence-electron chi connectivity index (χ3n) is 3.50. The molecule has 2 heteroatoms. The molecular formula is C15H31NO. The van der Waals surface area contributed by atoms with Crippen LogP contribution in [0.25, 0.3) is 0 Å². The molecule has 0 spiro atoms. The van der Waals surface area contributed by atoms with E-state index in [2.05, 4.69) is 19.2 Å². The van der Waals surface area contributed by atoms with Crippen LogP contribution in [0.3, 0.4) is 0 Å². The van der Waals surface area contributed by atoms with Gasteiger partial charge in [0.25, 0.3) is 0 Å². The van der Waals surface area contributed by atoms with Gasteiger partial charge in [-0.2, -0.15) is 0 Å². The van der Waals surface area contributed by atoms with Crippen LogP contribution in [-0.4, -0.2) is 13.0 Å². The van der Waals surface area contributed by atoms with Gasteiger partial charge in [0.05, 0.1) is 0 Å². The van der Waals surface area contributed by atoms with Crippen LogP contribution in [0, 0.1) is 11.8 Å². The maximum absolute atomic E-state index is 11.4. The van der Waals surface area contributed by atoms with Crippen molar-refractivity contribution in [3.05, 3.63) is 0 Å². The van der Waals surface area contributed by atoms with Crippen molar-refractivity contribution in [3.8, 4) is 0 Å². The summed E-state index contributed by atoms with van der Waals surface area (Å²) in [6.07, 6.45) is 10.4. The average molecular weight is 241 g/mol. The Labute approximate surface area is 108 Å². The Morgan fingerprint density at radius 2 is 1.65 bits per heavy atom. The Bertz CT molecular complexity index is 191. The van der Waals surface area contributed by atoms with Gasteiger partial charge in [0, 0.05) is 13.0 Å². The van der Waals surface area contributed by atoms with Crippen molar-refractivity contribution in [3.63, 3.8) is 0 Å². The van der Waals surface area contributed by atoms with Gasteiger partial charge in [0.1, 0.15) is 0 Å². The first-order valence-corrected chi connectivity index (χ1v) is 7.33. The molecule has 2 atom stereocenters. The predicted molar refractivity (Wildman–Crippen MR) is 75.0 cm³/mol. The molecule has 0 heterocycles. The molecule has 0 aliphatic rings. The van der Waals surface area contributed by atoms with Crippen molar-refractivity contribution in [2.75, 3.05) is 7.05 Å². The molecule has 0 fully saturated rings. The summed E-state index contributed by atoms with van der Waals surface area (Å²) in [6, 6.07) is 0. The van der Waals surface area contributed by atoms with Crippen LogP contribution in [0.15, 0.2) is 0 Å². The van der Waals surface area contributed by atoms with Gasteiger partial charge in [0.15, 0.2) is 0 Å². The predicted octanol–water partition coefficient (Wildman–Crippen LogP) is 4.15. The first-order chi connectivity index (χ1) is 8.11. The highest BCUT2D eigenvalue weighted by Crippen LogP contribution is 2.19. The highest BCUT2D eigenvalue weighted by Gasteiger charge is 2.14. The number of unbranched alkanes of at least 4 members (excludes halogenated alkanes) is 5. The summed E-state index contributed by atoms with van der Waals surface area (Å²) in [5.74, 6) is 1.02. The van der Waals surface area contributed by atoms with E-state index in [1.807, 2.05) is 6.92 Å². The van der Waals surface area contributed by atoms with Crippen molar-refractivity contribution in [1.29, 1.82) is 0 Å². The smallest absolute Gasteiger partial charge is 0.222 e. The lowest BCUT2D eigenvalue weighted by atomic mass is 9.92. The number of rotatable bonds is 10. The van der Waals surface area contributed by atoms with Gasteiger partial charge in [-0.25, -0.2) is 0 Å². The minimum absolute atomic E-state index is 0.162. The maximum Gasteiger partial charge on any atom is 0.222 e. The zero-order chi connectivity index (χ0) is 13.1. The monoisotopic (exact) mass is 241 g/mol. The second-order valence-corrected chi connectivity index (χ2v) is 5.41. The largest absolute Gasteiger partial charge is 0.359 e. The number of amides is 1. The second kappa shape index (κ2) is 10.6. The van der Waals surface area contributed by atoms with E-state index in [0.29, 0.717) is 5.92 Å². The molecule has 0 bridgehead atoms. The summed E-state index contributed by atoms with van der Waals surface area (Å²) in [5, 5.41) is 2.72. The van der Waals surface area contributed by atoms with Crippen molar-refractivity contribution >= 4 is 5.91 Å². The van der Waals surface area contributed by atoms with E-state index >= 15 is 0 Å². The number of carbonyl (C=O) groups excluding carboxylic acids is 1. The molecule has 2 nitrogen and oxygen atoms in total. The molecule has 1 N–H and O–H groups in total. The topological polar surface area (TPSA) is 29.1 Å². The van der Waals surface area contributed by atoms with Crippen LogP contribution in [0.5, 0.6) is 0 Å². The lowest BCUT2D eigenvalue weighted by molar-refractivity contribution is -0.124. The van der Waals surface area contributed by atoms with Gasteiger partial charge in [-0.15, -0.1) is 0 Å². The van der Waals surface area contributed by atoms with E-state index in [1.165, 1.54) is 44.9 Å². The zero-order valence-electron chi connectivity index (χ0n) is 12.2. The van der Waals surface area contributed by atoms with E-state index in [0.717, 1.165) is 6.42 Å². The molecule has 0 saturated heterocycles. The normalized spacial score (nSPS) is 14.4. The Balaban J connectivity index is 3.46. The summed E-state index contributed by atoms with van der Waals surface area (Å²) >= 11 is 0. The highest BCUT2D eigenvalue weighted by atomic mass is 16.1. The molecule has 0 aliphatic carbocycles. The van der Waals surface area contributed by atoms with E-state index < -0.39 is 0 Å². The van der Waals surface area contributed by atoms with E-state index in [4.69, 9.17) is 0 Å². The summed E-state index contributed by atoms with van der Waals surface area (Å²) in [4.78, 5) is 11.4. The minimum atomic E-state index is 0.162. The van der Waals surface area contributed by atoms with Crippen molar-refractivity contribution < 1.29 is 4.79 Å². The molecular weight excluding hydrogens is 210 g/mol. The number of nitrogens with one attached hydrogen (secondary N) is 1. The van der Waals surface area contributed by atoms with Crippen LogP contribution in [-0.2, 0) is 4.79 Å².